The van der Waals surface area contributed by atoms with Crippen molar-refractivity contribution in [2.75, 3.05) is 5.32 Å². The molecule has 3 rings (SSSR count). The van der Waals surface area contributed by atoms with Crippen LogP contribution in [0.3, 0.4) is 0 Å². The van der Waals surface area contributed by atoms with E-state index in [1.54, 1.807) is 10.7 Å². The number of carbonyl (C=O) groups is 1. The van der Waals surface area contributed by atoms with Gasteiger partial charge in [-0.05, 0) is 26.0 Å². The van der Waals surface area contributed by atoms with E-state index in [0.717, 1.165) is 11.3 Å². The quantitative estimate of drug-likeness (QED) is 0.744. The zero-order valence-corrected chi connectivity index (χ0v) is 14.4. The minimum Gasteiger partial charge on any atom is -0.401 e. The maximum Gasteiger partial charge on any atom is 0.322 e. The molecule has 0 saturated heterocycles. The molecule has 3 aromatic rings. The first-order valence-corrected chi connectivity index (χ1v) is 8.16. The summed E-state index contributed by atoms with van der Waals surface area (Å²) >= 11 is 12.9. The van der Waals surface area contributed by atoms with E-state index in [4.69, 9.17) is 27.6 Å². The van der Waals surface area contributed by atoms with E-state index >= 15 is 0 Å². The molecule has 0 spiro atoms. The minimum atomic E-state index is -0.471. The average molecular weight is 372 g/mol. The lowest BCUT2D eigenvalue weighted by atomic mass is 10.3. The number of hydrogen-bond donors (Lipinski definition) is 1. The van der Waals surface area contributed by atoms with Crippen LogP contribution in [0, 0.1) is 0 Å². The molecular formula is C13H11Cl2N5O2S. The number of hydrogen-bond acceptors (Lipinski definition) is 6. The van der Waals surface area contributed by atoms with E-state index in [-0.39, 0.29) is 23.5 Å². The lowest BCUT2D eigenvalue weighted by molar-refractivity contribution is 0.102. The molecule has 1 N–H and O–H groups in total. The van der Waals surface area contributed by atoms with Gasteiger partial charge in [0.1, 0.15) is 10.0 Å². The van der Waals surface area contributed by atoms with Crippen molar-refractivity contribution in [1.29, 1.82) is 0 Å². The summed E-state index contributed by atoms with van der Waals surface area (Å²) in [7, 11) is 0. The number of carbonyl (C=O) groups excluding carboxylic acids is 1. The molecule has 0 aliphatic carbocycles. The SMILES string of the molecule is CC(C)n1ccc(-c2nnc(NC(=O)c3cc(Cl)sc3Cl)o2)n1. The predicted octanol–water partition coefficient (Wildman–Crippen LogP) is 4.13. The first-order valence-electron chi connectivity index (χ1n) is 6.59. The molecule has 0 radical (unpaired) electrons. The molecule has 3 heterocycles. The third-order valence-corrected chi connectivity index (χ3v) is 4.39. The van der Waals surface area contributed by atoms with E-state index in [1.165, 1.54) is 6.07 Å². The van der Waals surface area contributed by atoms with Crippen LogP contribution < -0.4 is 5.32 Å². The Balaban J connectivity index is 1.76. The van der Waals surface area contributed by atoms with Crippen molar-refractivity contribution in [2.45, 2.75) is 19.9 Å². The molecule has 0 saturated carbocycles. The van der Waals surface area contributed by atoms with Gasteiger partial charge in [-0.15, -0.1) is 16.4 Å². The largest absolute Gasteiger partial charge is 0.401 e. The van der Waals surface area contributed by atoms with Gasteiger partial charge in [-0.1, -0.05) is 28.3 Å². The summed E-state index contributed by atoms with van der Waals surface area (Å²) < 4.78 is 7.88. The van der Waals surface area contributed by atoms with E-state index < -0.39 is 5.91 Å². The van der Waals surface area contributed by atoms with Crippen LogP contribution in [-0.2, 0) is 0 Å². The van der Waals surface area contributed by atoms with Gasteiger partial charge in [-0.25, -0.2) is 0 Å². The molecular weight excluding hydrogens is 361 g/mol. The van der Waals surface area contributed by atoms with E-state index in [0.29, 0.717) is 14.4 Å². The number of halogens is 2. The second kappa shape index (κ2) is 6.31. The van der Waals surface area contributed by atoms with Gasteiger partial charge >= 0.3 is 6.01 Å². The van der Waals surface area contributed by atoms with Gasteiger partial charge in [0.2, 0.25) is 0 Å². The van der Waals surface area contributed by atoms with E-state index in [2.05, 4.69) is 20.6 Å². The lowest BCUT2D eigenvalue weighted by Crippen LogP contribution is -2.11. The van der Waals surface area contributed by atoms with Gasteiger partial charge in [0.05, 0.1) is 9.90 Å². The van der Waals surface area contributed by atoms with Crippen LogP contribution in [0.1, 0.15) is 30.2 Å². The number of amides is 1. The Morgan fingerprint density at radius 1 is 1.39 bits per heavy atom. The fourth-order valence-corrected chi connectivity index (χ4v) is 3.23. The number of nitrogens with one attached hydrogen (secondary N) is 1. The Kier molecular flexibility index (Phi) is 4.38. The first-order chi connectivity index (χ1) is 10.9. The minimum absolute atomic E-state index is 0.0394. The number of thiophene rings is 1. The number of aromatic nitrogens is 4. The predicted molar refractivity (Wildman–Crippen MR) is 88.2 cm³/mol. The topological polar surface area (TPSA) is 85.8 Å². The molecule has 120 valence electrons. The molecule has 0 aliphatic heterocycles. The highest BCUT2D eigenvalue weighted by molar-refractivity contribution is 7.20. The molecule has 0 unspecified atom stereocenters. The Morgan fingerprint density at radius 3 is 2.78 bits per heavy atom. The van der Waals surface area contributed by atoms with Crippen molar-refractivity contribution < 1.29 is 9.21 Å². The summed E-state index contributed by atoms with van der Waals surface area (Å²) in [5.41, 5.74) is 0.786. The van der Waals surface area contributed by atoms with Gasteiger partial charge < -0.3 is 4.42 Å². The molecule has 3 aromatic heterocycles. The summed E-state index contributed by atoms with van der Waals surface area (Å²) in [6.07, 6.45) is 1.82. The van der Waals surface area contributed by atoms with Crippen LogP contribution >= 0.6 is 34.5 Å². The highest BCUT2D eigenvalue weighted by Gasteiger charge is 2.18. The number of nitrogens with zero attached hydrogens (tertiary/aromatic N) is 4. The van der Waals surface area contributed by atoms with E-state index in [9.17, 15) is 4.79 Å². The van der Waals surface area contributed by atoms with Gasteiger partial charge in [0, 0.05) is 12.2 Å². The fraction of sp³-hybridized carbons (Fsp3) is 0.231. The average Bonchev–Trinajstić information content (AvgIpc) is 3.17. The maximum absolute atomic E-state index is 12.1. The third-order valence-electron chi connectivity index (χ3n) is 2.90. The van der Waals surface area contributed by atoms with Crippen molar-refractivity contribution in [3.63, 3.8) is 0 Å². The second-order valence-corrected chi connectivity index (χ2v) is 7.16. The molecule has 0 bridgehead atoms. The smallest absolute Gasteiger partial charge is 0.322 e. The van der Waals surface area contributed by atoms with Crippen LogP contribution in [0.4, 0.5) is 6.01 Å². The Hall–Kier alpha value is -1.90. The van der Waals surface area contributed by atoms with Crippen LogP contribution in [0.2, 0.25) is 8.67 Å². The highest BCUT2D eigenvalue weighted by atomic mass is 35.5. The van der Waals surface area contributed by atoms with Crippen molar-refractivity contribution in [3.05, 3.63) is 32.6 Å². The highest BCUT2D eigenvalue weighted by Crippen LogP contribution is 2.31. The van der Waals surface area contributed by atoms with Gasteiger partial charge in [0.15, 0.2) is 0 Å². The fourth-order valence-electron chi connectivity index (χ4n) is 1.78. The normalized spacial score (nSPS) is 11.2. The van der Waals surface area contributed by atoms with Crippen LogP contribution in [-0.4, -0.2) is 25.9 Å². The van der Waals surface area contributed by atoms with E-state index in [1.807, 2.05) is 20.0 Å². The summed E-state index contributed by atoms with van der Waals surface area (Å²) in [6, 6.07) is 3.42. The lowest BCUT2D eigenvalue weighted by Gasteiger charge is -2.02. The molecule has 0 atom stereocenters. The van der Waals surface area contributed by atoms with Crippen molar-refractivity contribution in [3.8, 4) is 11.6 Å². The van der Waals surface area contributed by atoms with Gasteiger partial charge in [0.25, 0.3) is 11.8 Å². The summed E-state index contributed by atoms with van der Waals surface area (Å²) in [6.45, 7) is 4.01. The zero-order chi connectivity index (χ0) is 16.6. The number of anilines is 1. The third kappa shape index (κ3) is 3.39. The molecule has 0 fully saturated rings. The molecule has 10 heteroatoms. The van der Waals surface area contributed by atoms with Crippen molar-refractivity contribution in [1.82, 2.24) is 20.0 Å². The maximum atomic E-state index is 12.1. The first kappa shape index (κ1) is 16.0. The second-order valence-electron chi connectivity index (χ2n) is 4.88. The summed E-state index contributed by atoms with van der Waals surface area (Å²) in [4.78, 5) is 12.1. The Bertz CT molecular complexity index is 854. The monoisotopic (exact) mass is 371 g/mol. The van der Waals surface area contributed by atoms with Gasteiger partial charge in [-0.3, -0.25) is 14.8 Å². The van der Waals surface area contributed by atoms with Crippen molar-refractivity contribution in [2.24, 2.45) is 0 Å². The molecule has 0 aliphatic rings. The molecule has 1 amide bonds. The molecule has 23 heavy (non-hydrogen) atoms. The van der Waals surface area contributed by atoms with Crippen molar-refractivity contribution >= 4 is 46.5 Å². The van der Waals surface area contributed by atoms with Gasteiger partial charge in [-0.2, -0.15) is 5.10 Å². The summed E-state index contributed by atoms with van der Waals surface area (Å²) in [5.74, 6) is -0.254. The Labute approximate surface area is 145 Å². The standard InChI is InChI=1S/C13H11Cl2N5O2S/c1-6(2)20-4-3-8(19-20)12-17-18-13(22-12)16-11(21)7-5-9(14)23-10(7)15/h3-6H,1-2H3,(H,16,18,21). The van der Waals surface area contributed by atoms with Crippen LogP contribution in [0.5, 0.6) is 0 Å². The molecule has 0 aromatic carbocycles. The number of rotatable bonds is 4. The van der Waals surface area contributed by atoms with Crippen LogP contribution in [0.25, 0.3) is 11.6 Å². The van der Waals surface area contributed by atoms with Crippen LogP contribution in [0.15, 0.2) is 22.7 Å². The summed E-state index contributed by atoms with van der Waals surface area (Å²) in [5, 5.41) is 14.4. The molecule has 7 nitrogen and oxygen atoms in total. The zero-order valence-electron chi connectivity index (χ0n) is 12.1. The Morgan fingerprint density at radius 2 is 2.17 bits per heavy atom.